The number of amides is 3. The molecule has 2 atom stereocenters. The highest BCUT2D eigenvalue weighted by molar-refractivity contribution is 5.94. The van der Waals surface area contributed by atoms with Crippen LogP contribution in [-0.2, 0) is 4.79 Å². The van der Waals surface area contributed by atoms with E-state index in [1.165, 1.54) is 38.5 Å². The van der Waals surface area contributed by atoms with E-state index in [2.05, 4.69) is 12.2 Å². The molecule has 1 aromatic rings. The van der Waals surface area contributed by atoms with Crippen molar-refractivity contribution in [2.24, 2.45) is 29.1 Å². The Morgan fingerprint density at radius 3 is 2.31 bits per heavy atom. The summed E-state index contributed by atoms with van der Waals surface area (Å²) < 4.78 is 5.96. The number of anilines is 1. The summed E-state index contributed by atoms with van der Waals surface area (Å²) in [6, 6.07) is 6.31. The van der Waals surface area contributed by atoms with Gasteiger partial charge in [0, 0.05) is 25.0 Å². The number of ether oxygens (including phenoxy) is 1. The molecule has 0 aromatic heterocycles. The Morgan fingerprint density at radius 1 is 1.06 bits per heavy atom. The number of likely N-dealkylation sites (tertiary alicyclic amines) is 1. The molecular formula is C29H41N3O3. The lowest BCUT2D eigenvalue weighted by atomic mass is 9.48. The smallest absolute Gasteiger partial charge is 0.324 e. The average molecular weight is 480 g/mol. The number of nitrogens with one attached hydrogen (secondary N) is 1. The number of carbonyl (C=O) groups excluding carboxylic acids is 2. The van der Waals surface area contributed by atoms with Crippen LogP contribution in [-0.4, -0.2) is 48.6 Å². The van der Waals surface area contributed by atoms with Crippen LogP contribution in [0.5, 0.6) is 5.75 Å². The van der Waals surface area contributed by atoms with E-state index in [1.54, 1.807) is 0 Å². The fourth-order valence-electron chi connectivity index (χ4n) is 8.42. The van der Waals surface area contributed by atoms with Crippen molar-refractivity contribution in [3.63, 3.8) is 0 Å². The van der Waals surface area contributed by atoms with Gasteiger partial charge in [-0.3, -0.25) is 9.69 Å². The Morgan fingerprint density at radius 2 is 1.69 bits per heavy atom. The summed E-state index contributed by atoms with van der Waals surface area (Å²) in [7, 11) is 0. The van der Waals surface area contributed by atoms with E-state index < -0.39 is 0 Å². The van der Waals surface area contributed by atoms with Gasteiger partial charge in [-0.05, 0) is 113 Å². The molecule has 6 aliphatic rings. The van der Waals surface area contributed by atoms with Crippen LogP contribution in [0.25, 0.3) is 0 Å². The number of aryl methyl sites for hydroxylation is 1. The van der Waals surface area contributed by atoms with E-state index in [0.29, 0.717) is 25.0 Å². The largest absolute Gasteiger partial charge is 0.487 e. The first-order valence-corrected chi connectivity index (χ1v) is 13.9. The summed E-state index contributed by atoms with van der Waals surface area (Å²) in [6.07, 6.45) is 9.67. The van der Waals surface area contributed by atoms with Crippen LogP contribution in [0, 0.1) is 36.0 Å². The van der Waals surface area contributed by atoms with E-state index in [-0.39, 0.29) is 30.0 Å². The van der Waals surface area contributed by atoms with Gasteiger partial charge in [-0.15, -0.1) is 0 Å². The molecule has 2 unspecified atom stereocenters. The predicted octanol–water partition coefficient (Wildman–Crippen LogP) is 5.14. The monoisotopic (exact) mass is 479 g/mol. The molecule has 5 fully saturated rings. The SMILES string of the molecule is Cc1ccc2c(c1)N(C(=O)N1CCC(C(=O)NC(C)C34CC5CC(CC(C5)C3)C4)CC1)CC(C)O2. The van der Waals surface area contributed by atoms with E-state index >= 15 is 0 Å². The number of urea groups is 1. The van der Waals surface area contributed by atoms with Crippen molar-refractivity contribution in [2.45, 2.75) is 84.3 Å². The summed E-state index contributed by atoms with van der Waals surface area (Å²) >= 11 is 0. The highest BCUT2D eigenvalue weighted by Gasteiger charge is 2.53. The number of nitrogens with zero attached hydrogens (tertiary/aromatic N) is 2. The van der Waals surface area contributed by atoms with Crippen LogP contribution in [0.15, 0.2) is 18.2 Å². The summed E-state index contributed by atoms with van der Waals surface area (Å²) in [4.78, 5) is 30.6. The Balaban J connectivity index is 1.06. The Bertz CT molecular complexity index is 964. The molecule has 1 aromatic carbocycles. The minimum Gasteiger partial charge on any atom is -0.487 e. The van der Waals surface area contributed by atoms with Crippen LogP contribution in [0.3, 0.4) is 0 Å². The molecule has 3 amide bonds. The molecule has 35 heavy (non-hydrogen) atoms. The Labute approximate surface area is 209 Å². The number of fused-ring (bicyclic) bond motifs is 1. The van der Waals surface area contributed by atoms with Gasteiger partial charge in [0.25, 0.3) is 0 Å². The molecule has 0 spiro atoms. The Kier molecular flexibility index (Phi) is 5.76. The van der Waals surface area contributed by atoms with Crippen molar-refractivity contribution in [3.8, 4) is 5.75 Å². The molecule has 7 rings (SSSR count). The van der Waals surface area contributed by atoms with Crippen LogP contribution >= 0.6 is 0 Å². The summed E-state index contributed by atoms with van der Waals surface area (Å²) in [5.74, 6) is 3.68. The second kappa shape index (κ2) is 8.70. The molecule has 4 bridgehead atoms. The first kappa shape index (κ1) is 23.2. The summed E-state index contributed by atoms with van der Waals surface area (Å²) in [5.41, 5.74) is 2.31. The number of hydrogen-bond donors (Lipinski definition) is 1. The second-order valence-electron chi connectivity index (χ2n) is 12.6. The van der Waals surface area contributed by atoms with Crippen molar-refractivity contribution in [2.75, 3.05) is 24.5 Å². The van der Waals surface area contributed by atoms with Gasteiger partial charge in [0.15, 0.2) is 0 Å². The fraction of sp³-hybridized carbons (Fsp3) is 0.724. The van der Waals surface area contributed by atoms with E-state index in [1.807, 2.05) is 41.8 Å². The molecule has 6 heteroatoms. The summed E-state index contributed by atoms with van der Waals surface area (Å²) in [5, 5.41) is 3.47. The van der Waals surface area contributed by atoms with E-state index in [9.17, 15) is 9.59 Å². The van der Waals surface area contributed by atoms with Gasteiger partial charge in [0.1, 0.15) is 11.9 Å². The van der Waals surface area contributed by atoms with E-state index in [4.69, 9.17) is 4.74 Å². The van der Waals surface area contributed by atoms with Crippen molar-refractivity contribution in [1.82, 2.24) is 10.2 Å². The molecule has 0 radical (unpaired) electrons. The van der Waals surface area contributed by atoms with E-state index in [0.717, 1.165) is 47.6 Å². The molecule has 190 valence electrons. The lowest BCUT2D eigenvalue weighted by molar-refractivity contribution is -0.130. The fourth-order valence-corrected chi connectivity index (χ4v) is 8.42. The highest BCUT2D eigenvalue weighted by Crippen LogP contribution is 2.61. The third-order valence-electron chi connectivity index (χ3n) is 9.90. The van der Waals surface area contributed by atoms with Crippen molar-refractivity contribution in [1.29, 1.82) is 0 Å². The molecule has 6 nitrogen and oxygen atoms in total. The zero-order valence-electron chi connectivity index (χ0n) is 21.6. The van der Waals surface area contributed by atoms with Crippen molar-refractivity contribution >= 4 is 17.6 Å². The topological polar surface area (TPSA) is 61.9 Å². The quantitative estimate of drug-likeness (QED) is 0.653. The second-order valence-corrected chi connectivity index (χ2v) is 12.6. The lowest BCUT2D eigenvalue weighted by Crippen LogP contribution is -2.57. The first-order valence-electron chi connectivity index (χ1n) is 13.9. The van der Waals surface area contributed by atoms with Gasteiger partial charge in [-0.2, -0.15) is 0 Å². The molecular weight excluding hydrogens is 438 g/mol. The number of rotatable bonds is 3. The standard InChI is InChI=1S/C29H41N3O3/c1-18-4-5-26-25(10-18)32(17-19(2)35-26)28(34)31-8-6-24(7-9-31)27(33)30-20(3)29-14-21-11-22(15-29)13-23(12-21)16-29/h4-5,10,19-24H,6-9,11-17H2,1-3H3,(H,30,33). The number of piperidine rings is 1. The summed E-state index contributed by atoms with van der Waals surface area (Å²) in [6.45, 7) is 8.13. The molecule has 2 aliphatic heterocycles. The third-order valence-corrected chi connectivity index (χ3v) is 9.90. The molecule has 1 saturated heterocycles. The normalized spacial score (nSPS) is 34.8. The van der Waals surface area contributed by atoms with Crippen LogP contribution < -0.4 is 15.0 Å². The Hall–Kier alpha value is -2.24. The minimum atomic E-state index is -0.0384. The maximum atomic E-state index is 13.5. The number of carbonyl (C=O) groups is 2. The average Bonchev–Trinajstić information content (AvgIpc) is 2.82. The van der Waals surface area contributed by atoms with Gasteiger partial charge in [-0.1, -0.05) is 6.07 Å². The van der Waals surface area contributed by atoms with Gasteiger partial charge in [0.05, 0.1) is 12.2 Å². The van der Waals surface area contributed by atoms with Gasteiger partial charge >= 0.3 is 6.03 Å². The zero-order chi connectivity index (χ0) is 24.3. The lowest BCUT2D eigenvalue weighted by Gasteiger charge is -2.59. The third kappa shape index (κ3) is 4.21. The minimum absolute atomic E-state index is 0.00792. The van der Waals surface area contributed by atoms with Gasteiger partial charge in [0.2, 0.25) is 5.91 Å². The molecule has 4 saturated carbocycles. The maximum Gasteiger partial charge on any atom is 0.324 e. The first-order chi connectivity index (χ1) is 16.8. The van der Waals surface area contributed by atoms with Gasteiger partial charge < -0.3 is 15.0 Å². The highest BCUT2D eigenvalue weighted by atomic mass is 16.5. The molecule has 1 N–H and O–H groups in total. The van der Waals surface area contributed by atoms with Gasteiger partial charge in [-0.25, -0.2) is 4.79 Å². The number of hydrogen-bond acceptors (Lipinski definition) is 3. The van der Waals surface area contributed by atoms with Crippen molar-refractivity contribution in [3.05, 3.63) is 23.8 Å². The molecule has 2 heterocycles. The zero-order valence-corrected chi connectivity index (χ0v) is 21.6. The predicted molar refractivity (Wildman–Crippen MR) is 137 cm³/mol. The number of benzene rings is 1. The van der Waals surface area contributed by atoms with Crippen LogP contribution in [0.4, 0.5) is 10.5 Å². The van der Waals surface area contributed by atoms with Crippen LogP contribution in [0.1, 0.15) is 70.8 Å². The molecule has 4 aliphatic carbocycles. The van der Waals surface area contributed by atoms with Crippen molar-refractivity contribution < 1.29 is 14.3 Å². The maximum absolute atomic E-state index is 13.5. The van der Waals surface area contributed by atoms with Crippen LogP contribution in [0.2, 0.25) is 0 Å².